The van der Waals surface area contributed by atoms with E-state index in [1.165, 1.54) is 0 Å². The second-order valence-corrected chi connectivity index (χ2v) is 7.14. The van der Waals surface area contributed by atoms with Gasteiger partial charge in [-0.25, -0.2) is 23.5 Å². The Bertz CT molecular complexity index is 741. The first-order valence-electron chi connectivity index (χ1n) is 6.48. The molecule has 3 N–H and O–H groups in total. The lowest BCUT2D eigenvalue weighted by molar-refractivity contribution is 0.351. The summed E-state index contributed by atoms with van der Waals surface area (Å²) in [5.74, 6) is 0.429. The second kappa shape index (κ2) is 4.68. The number of primary sulfonamides is 1. The number of para-hydroxylation sites is 1. The molecule has 0 spiro atoms. The van der Waals surface area contributed by atoms with Crippen LogP contribution in [-0.2, 0) is 10.0 Å². The average Bonchev–Trinajstić information content (AvgIpc) is 2.35. The van der Waals surface area contributed by atoms with Crippen LogP contribution < -0.4 is 10.5 Å². The molecule has 1 aliphatic rings. The molecule has 0 amide bonds. The second-order valence-electron chi connectivity index (χ2n) is 5.19. The van der Waals surface area contributed by atoms with Gasteiger partial charge in [0.2, 0.25) is 16.0 Å². The Morgan fingerprint density at radius 1 is 1.30 bits per heavy atom. The summed E-state index contributed by atoms with van der Waals surface area (Å²) in [6, 6.07) is 7.64. The molecule has 0 saturated heterocycles. The van der Waals surface area contributed by atoms with Crippen molar-refractivity contribution in [1.82, 2.24) is 9.97 Å². The van der Waals surface area contributed by atoms with Gasteiger partial charge in [-0.2, -0.15) is 0 Å². The van der Waals surface area contributed by atoms with Crippen molar-refractivity contribution in [2.45, 2.75) is 24.0 Å². The summed E-state index contributed by atoms with van der Waals surface area (Å²) in [7, 11) is -3.56. The minimum atomic E-state index is -3.56. The first kappa shape index (κ1) is 13.3. The summed E-state index contributed by atoms with van der Waals surface area (Å²) in [6.45, 7) is 0.254. The summed E-state index contributed by atoms with van der Waals surface area (Å²) < 4.78 is 22.5. The molecule has 106 valence electrons. The van der Waals surface area contributed by atoms with Crippen molar-refractivity contribution in [3.8, 4) is 0 Å². The van der Waals surface area contributed by atoms with Crippen LogP contribution in [0, 0.1) is 0 Å². The number of rotatable bonds is 4. The molecule has 1 heterocycles. The molecule has 20 heavy (non-hydrogen) atoms. The Hall–Kier alpha value is -1.73. The van der Waals surface area contributed by atoms with Crippen LogP contribution in [0.15, 0.2) is 30.5 Å². The zero-order valence-electron chi connectivity index (χ0n) is 10.9. The van der Waals surface area contributed by atoms with E-state index < -0.39 is 14.8 Å². The number of aromatic nitrogens is 2. The third kappa shape index (κ3) is 2.23. The summed E-state index contributed by atoms with van der Waals surface area (Å²) >= 11 is 0. The number of anilines is 1. The van der Waals surface area contributed by atoms with E-state index in [1.54, 1.807) is 6.20 Å². The molecule has 0 aliphatic heterocycles. The lowest BCUT2D eigenvalue weighted by Crippen LogP contribution is -2.53. The Labute approximate surface area is 117 Å². The fourth-order valence-corrected chi connectivity index (χ4v) is 3.56. The van der Waals surface area contributed by atoms with Gasteiger partial charge in [-0.05, 0) is 18.9 Å². The van der Waals surface area contributed by atoms with Gasteiger partial charge in [0.15, 0.2) is 0 Å². The van der Waals surface area contributed by atoms with Gasteiger partial charge in [0, 0.05) is 18.1 Å². The largest absolute Gasteiger partial charge is 0.353 e. The Morgan fingerprint density at radius 3 is 2.70 bits per heavy atom. The lowest BCUT2D eigenvalue weighted by Gasteiger charge is -2.39. The standard InChI is InChI=1S/C13H16N4O2S/c14-20(18,19)13(6-3-7-13)9-16-12-15-8-10-4-1-2-5-11(10)17-12/h1-2,4-5,8H,3,6-7,9H2,(H2,14,18,19)(H,15,16,17). The lowest BCUT2D eigenvalue weighted by atomic mass is 9.84. The van der Waals surface area contributed by atoms with Gasteiger partial charge in [-0.1, -0.05) is 24.6 Å². The minimum Gasteiger partial charge on any atom is -0.353 e. The molecule has 1 aromatic carbocycles. The van der Waals surface area contributed by atoms with E-state index >= 15 is 0 Å². The molecule has 2 aromatic rings. The zero-order chi connectivity index (χ0) is 14.2. The maximum Gasteiger partial charge on any atom is 0.223 e. The normalized spacial score (nSPS) is 17.6. The molecular weight excluding hydrogens is 276 g/mol. The van der Waals surface area contributed by atoms with Crippen molar-refractivity contribution >= 4 is 26.9 Å². The molecule has 6 nitrogen and oxygen atoms in total. The molecule has 0 bridgehead atoms. The summed E-state index contributed by atoms with van der Waals surface area (Å²) in [5, 5.41) is 9.27. The van der Waals surface area contributed by atoms with Crippen molar-refractivity contribution in [2.75, 3.05) is 11.9 Å². The number of hydrogen-bond acceptors (Lipinski definition) is 5. The van der Waals surface area contributed by atoms with Gasteiger partial charge in [0.25, 0.3) is 0 Å². The zero-order valence-corrected chi connectivity index (χ0v) is 11.7. The molecule has 0 radical (unpaired) electrons. The third-order valence-electron chi connectivity index (χ3n) is 3.93. The molecular formula is C13H16N4O2S. The first-order chi connectivity index (χ1) is 9.50. The van der Waals surface area contributed by atoms with Gasteiger partial charge in [0.05, 0.1) is 5.52 Å². The summed E-state index contributed by atoms with van der Waals surface area (Å²) in [5.41, 5.74) is 0.822. The van der Waals surface area contributed by atoms with Crippen LogP contribution in [0.25, 0.3) is 10.9 Å². The number of benzene rings is 1. The maximum atomic E-state index is 11.7. The third-order valence-corrected chi connectivity index (χ3v) is 5.69. The van der Waals surface area contributed by atoms with Crippen LogP contribution in [0.3, 0.4) is 0 Å². The summed E-state index contributed by atoms with van der Waals surface area (Å²) in [6.07, 6.45) is 3.78. The quantitative estimate of drug-likeness (QED) is 0.884. The van der Waals surface area contributed by atoms with E-state index in [4.69, 9.17) is 5.14 Å². The van der Waals surface area contributed by atoms with Crippen molar-refractivity contribution in [3.63, 3.8) is 0 Å². The van der Waals surface area contributed by atoms with Gasteiger partial charge in [-0.15, -0.1) is 0 Å². The van der Waals surface area contributed by atoms with E-state index in [0.717, 1.165) is 17.3 Å². The number of nitrogens with two attached hydrogens (primary N) is 1. The fraction of sp³-hybridized carbons (Fsp3) is 0.385. The molecule has 1 fully saturated rings. The van der Waals surface area contributed by atoms with Crippen LogP contribution in [-0.4, -0.2) is 29.7 Å². The fourth-order valence-electron chi connectivity index (χ4n) is 2.43. The predicted molar refractivity (Wildman–Crippen MR) is 77.7 cm³/mol. The molecule has 1 saturated carbocycles. The van der Waals surface area contributed by atoms with Gasteiger partial charge in [-0.3, -0.25) is 0 Å². The number of nitrogens with zero attached hydrogens (tertiary/aromatic N) is 2. The highest BCUT2D eigenvalue weighted by Crippen LogP contribution is 2.37. The molecule has 3 rings (SSSR count). The van der Waals surface area contributed by atoms with Crippen molar-refractivity contribution in [2.24, 2.45) is 5.14 Å². The molecule has 7 heteroatoms. The van der Waals surface area contributed by atoms with Crippen molar-refractivity contribution < 1.29 is 8.42 Å². The summed E-state index contributed by atoms with van der Waals surface area (Å²) in [4.78, 5) is 8.55. The molecule has 1 aliphatic carbocycles. The topological polar surface area (TPSA) is 98.0 Å². The average molecular weight is 292 g/mol. The first-order valence-corrected chi connectivity index (χ1v) is 8.03. The Balaban J connectivity index is 1.80. The van der Waals surface area contributed by atoms with E-state index in [-0.39, 0.29) is 6.54 Å². The molecule has 0 atom stereocenters. The number of sulfonamides is 1. The predicted octanol–water partition coefficient (Wildman–Crippen LogP) is 1.25. The van der Waals surface area contributed by atoms with Gasteiger partial charge < -0.3 is 5.32 Å². The van der Waals surface area contributed by atoms with Crippen LogP contribution in [0.1, 0.15) is 19.3 Å². The highest BCUT2D eigenvalue weighted by Gasteiger charge is 2.47. The van der Waals surface area contributed by atoms with E-state index in [1.807, 2.05) is 24.3 Å². The van der Waals surface area contributed by atoms with E-state index in [2.05, 4.69) is 15.3 Å². The smallest absolute Gasteiger partial charge is 0.223 e. The van der Waals surface area contributed by atoms with Crippen molar-refractivity contribution in [3.05, 3.63) is 30.5 Å². The SMILES string of the molecule is NS(=O)(=O)C1(CNc2ncc3ccccc3n2)CCC1. The number of nitrogens with one attached hydrogen (secondary N) is 1. The molecule has 1 aromatic heterocycles. The Morgan fingerprint density at radius 2 is 2.05 bits per heavy atom. The van der Waals surface area contributed by atoms with E-state index in [9.17, 15) is 8.42 Å². The van der Waals surface area contributed by atoms with Crippen LogP contribution >= 0.6 is 0 Å². The number of fused-ring (bicyclic) bond motifs is 1. The van der Waals surface area contributed by atoms with E-state index in [0.29, 0.717) is 18.8 Å². The number of hydrogen-bond donors (Lipinski definition) is 2. The highest BCUT2D eigenvalue weighted by atomic mass is 32.2. The van der Waals surface area contributed by atoms with Crippen LogP contribution in [0.2, 0.25) is 0 Å². The Kier molecular flexibility index (Phi) is 3.10. The maximum absolute atomic E-state index is 11.7. The molecule has 0 unspecified atom stereocenters. The van der Waals surface area contributed by atoms with Crippen LogP contribution in [0.5, 0.6) is 0 Å². The van der Waals surface area contributed by atoms with Crippen molar-refractivity contribution in [1.29, 1.82) is 0 Å². The highest BCUT2D eigenvalue weighted by molar-refractivity contribution is 7.90. The van der Waals surface area contributed by atoms with Gasteiger partial charge in [0.1, 0.15) is 4.75 Å². The monoisotopic (exact) mass is 292 g/mol. The minimum absolute atomic E-state index is 0.254. The van der Waals surface area contributed by atoms with Crippen LogP contribution in [0.4, 0.5) is 5.95 Å². The van der Waals surface area contributed by atoms with Gasteiger partial charge >= 0.3 is 0 Å².